The SMILES string of the molecule is CCOC(=O)[C@@]12C[C@H]1/C=C\CCCCC[C@H](N)C(=O)N1C[C@H](Oc3[nH]c4ccccc4c(=O)c3Br)C[C@H]1C(=O)N2. The van der Waals surface area contributed by atoms with Gasteiger partial charge in [0.25, 0.3) is 0 Å². The smallest absolute Gasteiger partial charge is 0.332 e. The van der Waals surface area contributed by atoms with Crippen LogP contribution in [0.3, 0.4) is 0 Å². The van der Waals surface area contributed by atoms with E-state index >= 15 is 0 Å². The summed E-state index contributed by atoms with van der Waals surface area (Å²) >= 11 is 3.35. The highest BCUT2D eigenvalue weighted by atomic mass is 79.9. The van der Waals surface area contributed by atoms with Gasteiger partial charge >= 0.3 is 5.97 Å². The molecule has 0 unspecified atom stereocenters. The lowest BCUT2D eigenvalue weighted by atomic mass is 10.1. The monoisotopic (exact) mass is 614 g/mol. The Hall–Kier alpha value is -3.18. The zero-order valence-electron chi connectivity index (χ0n) is 22.5. The topological polar surface area (TPSA) is 144 Å². The molecule has 2 amide bonds. The highest BCUT2D eigenvalue weighted by Gasteiger charge is 2.62. The van der Waals surface area contributed by atoms with Crippen LogP contribution in [0, 0.1) is 5.92 Å². The lowest BCUT2D eigenvalue weighted by Crippen LogP contribution is -2.55. The largest absolute Gasteiger partial charge is 0.473 e. The summed E-state index contributed by atoms with van der Waals surface area (Å²) in [5.41, 5.74) is 5.55. The number of benzene rings is 1. The summed E-state index contributed by atoms with van der Waals surface area (Å²) in [6.45, 7) is 2.04. The van der Waals surface area contributed by atoms with Gasteiger partial charge in [0, 0.05) is 17.7 Å². The minimum absolute atomic E-state index is 0.113. The molecule has 1 aliphatic carbocycles. The maximum atomic E-state index is 13.7. The van der Waals surface area contributed by atoms with Crippen LogP contribution in [0.1, 0.15) is 51.9 Å². The molecule has 2 fully saturated rings. The van der Waals surface area contributed by atoms with E-state index in [0.717, 1.165) is 25.7 Å². The normalized spacial score (nSPS) is 29.9. The molecule has 5 rings (SSSR count). The molecule has 3 aliphatic rings. The van der Waals surface area contributed by atoms with Crippen LogP contribution in [0.15, 0.2) is 45.7 Å². The van der Waals surface area contributed by atoms with Gasteiger partial charge in [-0.15, -0.1) is 0 Å². The Bertz CT molecular complexity index is 1390. The van der Waals surface area contributed by atoms with Crippen molar-refractivity contribution in [2.75, 3.05) is 13.2 Å². The van der Waals surface area contributed by atoms with Crippen LogP contribution in [-0.2, 0) is 19.1 Å². The lowest BCUT2D eigenvalue weighted by molar-refractivity contribution is -0.150. The first-order chi connectivity index (χ1) is 19.2. The van der Waals surface area contributed by atoms with E-state index in [9.17, 15) is 19.2 Å². The molecular weight excluding hydrogens is 580 g/mol. The average molecular weight is 616 g/mol. The minimum Gasteiger partial charge on any atom is -0.473 e. The second-order valence-corrected chi connectivity index (χ2v) is 11.6. The third kappa shape index (κ3) is 5.54. The van der Waals surface area contributed by atoms with E-state index < -0.39 is 35.6 Å². The van der Waals surface area contributed by atoms with E-state index in [-0.39, 0.29) is 47.2 Å². The summed E-state index contributed by atoms with van der Waals surface area (Å²) in [6, 6.07) is 5.44. The van der Waals surface area contributed by atoms with Crippen molar-refractivity contribution in [2.45, 2.75) is 75.6 Å². The number of nitrogens with one attached hydrogen (secondary N) is 2. The van der Waals surface area contributed by atoms with Crippen molar-refractivity contribution in [3.05, 3.63) is 51.1 Å². The molecule has 10 nitrogen and oxygen atoms in total. The zero-order chi connectivity index (χ0) is 28.4. The van der Waals surface area contributed by atoms with Gasteiger partial charge in [0.2, 0.25) is 23.1 Å². The molecule has 0 radical (unpaired) electrons. The number of carbonyl (C=O) groups is 3. The van der Waals surface area contributed by atoms with E-state index in [4.69, 9.17) is 15.2 Å². The number of halogens is 1. The molecule has 2 aromatic rings. The molecule has 1 aromatic heterocycles. The fraction of sp³-hybridized carbons (Fsp3) is 0.517. The highest BCUT2D eigenvalue weighted by Crippen LogP contribution is 2.46. The second kappa shape index (κ2) is 11.7. The molecule has 11 heteroatoms. The van der Waals surface area contributed by atoms with E-state index in [0.29, 0.717) is 23.7 Å². The van der Waals surface area contributed by atoms with Crippen molar-refractivity contribution in [2.24, 2.45) is 11.7 Å². The molecule has 2 aliphatic heterocycles. The van der Waals surface area contributed by atoms with Crippen molar-refractivity contribution in [1.82, 2.24) is 15.2 Å². The Morgan fingerprint density at radius 1 is 1.20 bits per heavy atom. The maximum absolute atomic E-state index is 13.7. The van der Waals surface area contributed by atoms with Gasteiger partial charge in [0.15, 0.2) is 0 Å². The second-order valence-electron chi connectivity index (χ2n) is 10.8. The van der Waals surface area contributed by atoms with Gasteiger partial charge in [0.1, 0.15) is 22.2 Å². The zero-order valence-corrected chi connectivity index (χ0v) is 24.1. The molecule has 0 bridgehead atoms. The number of carbonyl (C=O) groups excluding carboxylic acids is 3. The number of amides is 2. The van der Waals surface area contributed by atoms with Crippen LogP contribution in [0.25, 0.3) is 10.9 Å². The van der Waals surface area contributed by atoms with E-state index in [1.165, 1.54) is 4.90 Å². The number of H-pyrrole nitrogens is 1. The number of para-hydroxylation sites is 1. The predicted molar refractivity (Wildman–Crippen MR) is 153 cm³/mol. The van der Waals surface area contributed by atoms with Crippen molar-refractivity contribution in [3.8, 4) is 5.88 Å². The average Bonchev–Trinajstić information content (AvgIpc) is 3.47. The molecule has 214 valence electrons. The third-order valence-electron chi connectivity index (χ3n) is 8.02. The van der Waals surface area contributed by atoms with E-state index in [1.807, 2.05) is 12.1 Å². The first kappa shape index (κ1) is 28.4. The fourth-order valence-electron chi connectivity index (χ4n) is 5.72. The minimum atomic E-state index is -1.15. The van der Waals surface area contributed by atoms with Crippen molar-refractivity contribution in [3.63, 3.8) is 0 Å². The van der Waals surface area contributed by atoms with Crippen molar-refractivity contribution >= 4 is 44.6 Å². The van der Waals surface area contributed by atoms with Crippen molar-refractivity contribution < 1.29 is 23.9 Å². The number of pyridine rings is 1. The van der Waals surface area contributed by atoms with Gasteiger partial charge in [0.05, 0.1) is 24.7 Å². The van der Waals surface area contributed by atoms with Gasteiger partial charge in [-0.1, -0.05) is 37.1 Å². The highest BCUT2D eigenvalue weighted by molar-refractivity contribution is 9.10. The maximum Gasteiger partial charge on any atom is 0.332 e. The number of rotatable bonds is 4. The van der Waals surface area contributed by atoms with Crippen LogP contribution >= 0.6 is 15.9 Å². The number of aromatic nitrogens is 1. The predicted octanol–water partition coefficient (Wildman–Crippen LogP) is 2.92. The lowest BCUT2D eigenvalue weighted by Gasteiger charge is -2.28. The first-order valence-electron chi connectivity index (χ1n) is 13.9. The summed E-state index contributed by atoms with van der Waals surface area (Å²) in [5.74, 6) is -1.19. The van der Waals surface area contributed by atoms with E-state index in [2.05, 4.69) is 32.3 Å². The fourth-order valence-corrected chi connectivity index (χ4v) is 6.13. The van der Waals surface area contributed by atoms with Gasteiger partial charge in [-0.25, -0.2) is 4.79 Å². The molecular formula is C29H35BrN4O6. The first-order valence-corrected chi connectivity index (χ1v) is 14.7. The number of nitrogens with zero attached hydrogens (tertiary/aromatic N) is 1. The van der Waals surface area contributed by atoms with E-state index in [1.54, 1.807) is 25.1 Å². The Morgan fingerprint density at radius 3 is 2.80 bits per heavy atom. The molecule has 1 aromatic carbocycles. The Morgan fingerprint density at radius 2 is 2.00 bits per heavy atom. The summed E-state index contributed by atoms with van der Waals surface area (Å²) in [6.07, 6.45) is 8.10. The molecule has 1 saturated heterocycles. The number of aromatic amines is 1. The van der Waals surface area contributed by atoms with Crippen LogP contribution < -0.4 is 21.2 Å². The molecule has 5 atom stereocenters. The number of ether oxygens (including phenoxy) is 2. The number of allylic oxidation sites excluding steroid dienone is 1. The standard InChI is InChI=1S/C29H35BrN4O6/c1-2-39-28(38)29-15-17(29)10-6-4-3-5-7-12-20(31)27(37)34-16-18(14-22(34)25(36)33-29)40-26-23(30)24(35)19-11-8-9-13-21(19)32-26/h6,8-11,13,17-18,20,22H,2-5,7,12,14-16,31H2,1H3,(H,32,35)(H,33,36)/b10-6-/t17-,18-,20+,22+,29-/m1/s1. The van der Waals surface area contributed by atoms with Crippen LogP contribution in [0.5, 0.6) is 5.88 Å². The molecule has 40 heavy (non-hydrogen) atoms. The molecule has 1 saturated carbocycles. The third-order valence-corrected chi connectivity index (χ3v) is 8.74. The van der Waals surface area contributed by atoms with Gasteiger partial charge in [-0.3, -0.25) is 14.4 Å². The number of hydrogen-bond donors (Lipinski definition) is 3. The molecule has 3 heterocycles. The Kier molecular flexibility index (Phi) is 8.32. The quantitative estimate of drug-likeness (QED) is 0.355. The van der Waals surface area contributed by atoms with Crippen molar-refractivity contribution in [1.29, 1.82) is 0 Å². The number of esters is 1. The summed E-state index contributed by atoms with van der Waals surface area (Å²) < 4.78 is 11.8. The Balaban J connectivity index is 1.43. The van der Waals surface area contributed by atoms with Gasteiger partial charge in [-0.2, -0.15) is 0 Å². The summed E-state index contributed by atoms with van der Waals surface area (Å²) in [4.78, 5) is 57.7. The number of fused-ring (bicyclic) bond motifs is 3. The molecule has 0 spiro atoms. The number of hydrogen-bond acceptors (Lipinski definition) is 7. The molecule has 4 N–H and O–H groups in total. The van der Waals surface area contributed by atoms with Crippen LogP contribution in [-0.4, -0.2) is 64.5 Å². The number of nitrogens with two attached hydrogens (primary N) is 1. The van der Waals surface area contributed by atoms with Crippen LogP contribution in [0.4, 0.5) is 0 Å². The summed E-state index contributed by atoms with van der Waals surface area (Å²) in [5, 5.41) is 3.45. The Labute approximate surface area is 240 Å². The van der Waals surface area contributed by atoms with Gasteiger partial charge < -0.3 is 30.4 Å². The summed E-state index contributed by atoms with van der Waals surface area (Å²) in [7, 11) is 0. The van der Waals surface area contributed by atoms with Gasteiger partial charge in [-0.05, 0) is 60.7 Å². The van der Waals surface area contributed by atoms with Crippen LogP contribution in [0.2, 0.25) is 0 Å².